The first-order chi connectivity index (χ1) is 20.3. The van der Waals surface area contributed by atoms with Crippen LogP contribution in [0.25, 0.3) is 11.1 Å². The lowest BCUT2D eigenvalue weighted by atomic mass is 9.87. The second kappa shape index (κ2) is 16.5. The Hall–Kier alpha value is -2.77. The molecule has 5 rings (SSSR count). The normalized spacial score (nSPS) is 17.9. The SMILES string of the molecule is C.CCN(c1cc(-c2ccc(C[NH+]3CCOCC3)cc2)cc(C(=O)CCC2=C(C)C=C(C)CC2=O)c1C)C1CCOCC1.[Cl-]. The molecule has 1 N–H and O–H groups in total. The number of hydrogen-bond donors (Lipinski definition) is 1. The molecule has 2 fully saturated rings. The number of anilines is 1. The highest BCUT2D eigenvalue weighted by Gasteiger charge is 2.26. The van der Waals surface area contributed by atoms with Crippen LogP contribution in [0.3, 0.4) is 0 Å². The van der Waals surface area contributed by atoms with Crippen LogP contribution in [0.1, 0.15) is 81.8 Å². The molecular formula is C37H51ClN2O4. The standard InChI is InChI=1S/C36H46N2O4.CH4.ClH/c1-5-38(31-12-16-41-17-13-31)34-23-30(29-8-6-28(7-9-29)24-37-14-18-42-19-15-37)22-33(27(34)4)35(39)11-10-32-26(3)20-25(2)21-36(32)40;;/h6-9,20,22-23,31H,5,10-19,21,24H2,1-4H3;1H4;1H. The lowest BCUT2D eigenvalue weighted by Crippen LogP contribution is -3.12. The summed E-state index contributed by atoms with van der Waals surface area (Å²) in [7, 11) is 0. The predicted molar refractivity (Wildman–Crippen MR) is 175 cm³/mol. The van der Waals surface area contributed by atoms with Gasteiger partial charge < -0.3 is 31.7 Å². The molecular weight excluding hydrogens is 572 g/mol. The van der Waals surface area contributed by atoms with Gasteiger partial charge in [0.1, 0.15) is 19.6 Å². The third-order valence-electron chi connectivity index (χ3n) is 9.22. The lowest BCUT2D eigenvalue weighted by molar-refractivity contribution is -0.921. The van der Waals surface area contributed by atoms with Gasteiger partial charge in [-0.15, -0.1) is 0 Å². The molecule has 2 aromatic rings. The maximum Gasteiger partial charge on any atom is 0.163 e. The fourth-order valence-corrected chi connectivity index (χ4v) is 6.81. The highest BCUT2D eigenvalue weighted by Crippen LogP contribution is 2.35. The van der Waals surface area contributed by atoms with Crippen molar-refractivity contribution in [2.45, 2.75) is 79.8 Å². The topological polar surface area (TPSA) is 60.3 Å². The summed E-state index contributed by atoms with van der Waals surface area (Å²) >= 11 is 0. The maximum atomic E-state index is 13.9. The van der Waals surface area contributed by atoms with Gasteiger partial charge in [0, 0.05) is 55.5 Å². The van der Waals surface area contributed by atoms with Crippen LogP contribution in [-0.4, -0.2) is 63.7 Å². The zero-order valence-electron chi connectivity index (χ0n) is 26.3. The van der Waals surface area contributed by atoms with Crippen molar-refractivity contribution < 1.29 is 36.4 Å². The Labute approximate surface area is 270 Å². The number of ketones is 2. The van der Waals surface area contributed by atoms with E-state index in [-0.39, 0.29) is 31.4 Å². The highest BCUT2D eigenvalue weighted by atomic mass is 35.5. The van der Waals surface area contributed by atoms with Crippen LogP contribution in [0, 0.1) is 6.92 Å². The van der Waals surface area contributed by atoms with Crippen LogP contribution in [0.4, 0.5) is 5.69 Å². The molecule has 0 saturated carbocycles. The second-order valence-corrected chi connectivity index (χ2v) is 12.2. The van der Waals surface area contributed by atoms with Gasteiger partial charge in [-0.2, -0.15) is 0 Å². The summed E-state index contributed by atoms with van der Waals surface area (Å²) in [5.41, 5.74) is 9.33. The molecule has 2 aromatic carbocycles. The number of allylic oxidation sites excluding steroid dienone is 4. The molecule has 1 aliphatic carbocycles. The Balaban J connectivity index is 0.00000264. The Morgan fingerprint density at radius 2 is 1.61 bits per heavy atom. The Morgan fingerprint density at radius 3 is 2.25 bits per heavy atom. The first-order valence-electron chi connectivity index (χ1n) is 15.8. The zero-order valence-corrected chi connectivity index (χ0v) is 27.0. The van der Waals surface area contributed by atoms with E-state index in [4.69, 9.17) is 9.47 Å². The Morgan fingerprint density at radius 1 is 0.955 bits per heavy atom. The largest absolute Gasteiger partial charge is 1.00 e. The number of hydrogen-bond acceptors (Lipinski definition) is 5. The molecule has 44 heavy (non-hydrogen) atoms. The van der Waals surface area contributed by atoms with Gasteiger partial charge in [-0.1, -0.05) is 43.3 Å². The minimum atomic E-state index is 0. The molecule has 0 bridgehead atoms. The monoisotopic (exact) mass is 622 g/mol. The summed E-state index contributed by atoms with van der Waals surface area (Å²) < 4.78 is 11.2. The van der Waals surface area contributed by atoms with Crippen LogP contribution in [-0.2, 0) is 20.8 Å². The second-order valence-electron chi connectivity index (χ2n) is 12.2. The van der Waals surface area contributed by atoms with Crippen molar-refractivity contribution in [1.82, 2.24) is 0 Å². The van der Waals surface area contributed by atoms with E-state index in [2.05, 4.69) is 61.2 Å². The first kappa shape index (κ1) is 35.7. The summed E-state index contributed by atoms with van der Waals surface area (Å²) in [4.78, 5) is 30.7. The molecule has 7 heteroatoms. The number of halogens is 1. The van der Waals surface area contributed by atoms with E-state index in [1.807, 2.05) is 13.8 Å². The summed E-state index contributed by atoms with van der Waals surface area (Å²) in [6, 6.07) is 13.6. The van der Waals surface area contributed by atoms with Crippen LogP contribution in [0.5, 0.6) is 0 Å². The summed E-state index contributed by atoms with van der Waals surface area (Å²) in [5.74, 6) is 0.257. The van der Waals surface area contributed by atoms with Gasteiger partial charge in [0.05, 0.1) is 13.2 Å². The van der Waals surface area contributed by atoms with Crippen molar-refractivity contribution in [3.05, 3.63) is 75.9 Å². The molecule has 0 spiro atoms. The number of ether oxygens (including phenoxy) is 2. The molecule has 0 atom stereocenters. The quantitative estimate of drug-likeness (QED) is 0.413. The van der Waals surface area contributed by atoms with Crippen LogP contribution < -0.4 is 22.2 Å². The molecule has 2 saturated heterocycles. The van der Waals surface area contributed by atoms with Gasteiger partial charge >= 0.3 is 0 Å². The summed E-state index contributed by atoms with van der Waals surface area (Å²) in [6.07, 6.45) is 5.34. The number of nitrogens with one attached hydrogen (secondary N) is 1. The fourth-order valence-electron chi connectivity index (χ4n) is 6.81. The van der Waals surface area contributed by atoms with Crippen molar-refractivity contribution in [2.24, 2.45) is 0 Å². The number of carbonyl (C=O) groups excluding carboxylic acids is 2. The number of quaternary nitrogens is 1. The highest BCUT2D eigenvalue weighted by molar-refractivity contribution is 6.03. The van der Waals surface area contributed by atoms with Gasteiger partial charge in [-0.25, -0.2) is 0 Å². The first-order valence-corrected chi connectivity index (χ1v) is 15.8. The van der Waals surface area contributed by atoms with Gasteiger partial charge in [0.25, 0.3) is 0 Å². The van der Waals surface area contributed by atoms with Gasteiger partial charge in [0.2, 0.25) is 0 Å². The predicted octanol–water partition coefficient (Wildman–Crippen LogP) is 2.92. The van der Waals surface area contributed by atoms with E-state index in [0.717, 1.165) is 110 Å². The van der Waals surface area contributed by atoms with Gasteiger partial charge in [0.15, 0.2) is 11.6 Å². The molecule has 0 aromatic heterocycles. The fraction of sp³-hybridized carbons (Fsp3) is 0.514. The third-order valence-corrected chi connectivity index (χ3v) is 9.22. The Bertz CT molecular complexity index is 1350. The average Bonchev–Trinajstić information content (AvgIpc) is 2.99. The zero-order chi connectivity index (χ0) is 29.6. The number of carbonyl (C=O) groups is 2. The van der Waals surface area contributed by atoms with Crippen LogP contribution >= 0.6 is 0 Å². The Kier molecular flexibility index (Phi) is 13.4. The molecule has 0 unspecified atom stereocenters. The van der Waals surface area contributed by atoms with Crippen LogP contribution in [0.2, 0.25) is 0 Å². The van der Waals surface area contributed by atoms with E-state index in [0.29, 0.717) is 25.3 Å². The summed E-state index contributed by atoms with van der Waals surface area (Å²) in [6.45, 7) is 15.4. The third kappa shape index (κ3) is 8.48. The summed E-state index contributed by atoms with van der Waals surface area (Å²) in [5, 5.41) is 0. The number of rotatable bonds is 10. The van der Waals surface area contributed by atoms with Crippen molar-refractivity contribution in [3.63, 3.8) is 0 Å². The molecule has 0 radical (unpaired) electrons. The molecule has 3 aliphatic rings. The molecule has 2 aliphatic heterocycles. The molecule has 240 valence electrons. The molecule has 0 amide bonds. The smallest absolute Gasteiger partial charge is 0.163 e. The lowest BCUT2D eigenvalue weighted by Gasteiger charge is -2.37. The van der Waals surface area contributed by atoms with E-state index in [9.17, 15) is 9.59 Å². The van der Waals surface area contributed by atoms with E-state index in [1.54, 1.807) is 4.90 Å². The molecule has 2 heterocycles. The number of nitrogens with zero attached hydrogens (tertiary/aromatic N) is 1. The number of Topliss-reactive ketones (excluding diaryl/α,β-unsaturated/α-hetero) is 2. The van der Waals surface area contributed by atoms with Gasteiger partial charge in [-0.05, 0) is 86.9 Å². The number of morpholine rings is 1. The van der Waals surface area contributed by atoms with Crippen molar-refractivity contribution >= 4 is 17.3 Å². The van der Waals surface area contributed by atoms with Crippen molar-refractivity contribution in [2.75, 3.05) is 51.0 Å². The average molecular weight is 623 g/mol. The van der Waals surface area contributed by atoms with E-state index < -0.39 is 0 Å². The minimum absolute atomic E-state index is 0. The maximum absolute atomic E-state index is 13.9. The number of benzene rings is 2. The minimum Gasteiger partial charge on any atom is -1.00 e. The van der Waals surface area contributed by atoms with Gasteiger partial charge in [-0.3, -0.25) is 9.59 Å². The van der Waals surface area contributed by atoms with Crippen molar-refractivity contribution in [1.29, 1.82) is 0 Å². The van der Waals surface area contributed by atoms with Crippen molar-refractivity contribution in [3.8, 4) is 11.1 Å². The van der Waals surface area contributed by atoms with E-state index >= 15 is 0 Å². The van der Waals surface area contributed by atoms with E-state index in [1.165, 1.54) is 5.56 Å². The van der Waals surface area contributed by atoms with Crippen LogP contribution in [0.15, 0.2) is 59.2 Å². The molecule has 6 nitrogen and oxygen atoms in total.